The maximum atomic E-state index is 13.8. The molecule has 4 atom stereocenters. The van der Waals surface area contributed by atoms with Gasteiger partial charge in [0.05, 0.1) is 5.41 Å². The van der Waals surface area contributed by atoms with Crippen molar-refractivity contribution in [2.75, 3.05) is 5.32 Å². The van der Waals surface area contributed by atoms with E-state index in [-0.39, 0.29) is 17.4 Å². The van der Waals surface area contributed by atoms with Gasteiger partial charge in [-0.05, 0) is 110 Å². The molecule has 3 aromatic carbocycles. The molecule has 198 valence electrons. The number of nitrogens with one attached hydrogen (secondary N) is 1. The van der Waals surface area contributed by atoms with E-state index in [2.05, 4.69) is 5.32 Å². The summed E-state index contributed by atoms with van der Waals surface area (Å²) in [5.41, 5.74) is 3.80. The van der Waals surface area contributed by atoms with Gasteiger partial charge in [0.1, 0.15) is 0 Å². The first-order valence-corrected chi connectivity index (χ1v) is 14.0. The van der Waals surface area contributed by atoms with Crippen molar-refractivity contribution in [1.82, 2.24) is 4.90 Å². The number of rotatable bonds is 5. The molecule has 5 aliphatic rings. The minimum Gasteiger partial charge on any atom is -0.481 e. The molecule has 0 radical (unpaired) electrons. The van der Waals surface area contributed by atoms with E-state index in [9.17, 15) is 19.5 Å². The highest BCUT2D eigenvalue weighted by atomic mass is 35.5. The van der Waals surface area contributed by atoms with Crippen LogP contribution in [0.3, 0.4) is 0 Å². The Morgan fingerprint density at radius 3 is 2.23 bits per heavy atom. The predicted molar refractivity (Wildman–Crippen MR) is 149 cm³/mol. The number of benzene rings is 3. The number of carbonyl (C=O) groups is 3. The Bertz CT molecular complexity index is 1500. The van der Waals surface area contributed by atoms with E-state index in [0.29, 0.717) is 46.6 Å². The van der Waals surface area contributed by atoms with Crippen LogP contribution in [0.15, 0.2) is 66.7 Å². The zero-order valence-electron chi connectivity index (χ0n) is 21.5. The molecule has 4 bridgehead atoms. The average molecular weight is 541 g/mol. The molecular formula is C32H29ClN2O4. The van der Waals surface area contributed by atoms with Gasteiger partial charge in [-0.2, -0.15) is 0 Å². The molecule has 0 unspecified atom stereocenters. The van der Waals surface area contributed by atoms with Gasteiger partial charge >= 0.3 is 5.97 Å². The van der Waals surface area contributed by atoms with E-state index in [0.717, 1.165) is 48.8 Å². The van der Waals surface area contributed by atoms with E-state index >= 15 is 0 Å². The summed E-state index contributed by atoms with van der Waals surface area (Å²) < 4.78 is 0. The summed E-state index contributed by atoms with van der Waals surface area (Å²) in [5, 5.41) is 13.6. The van der Waals surface area contributed by atoms with Gasteiger partial charge in [0.15, 0.2) is 0 Å². The first-order chi connectivity index (χ1) is 18.7. The number of carboxylic acid groups (broad SMARTS) is 1. The number of amides is 2. The Labute approximate surface area is 232 Å². The summed E-state index contributed by atoms with van der Waals surface area (Å²) in [5.74, 6) is -0.0698. The molecule has 2 N–H and O–H groups in total. The van der Waals surface area contributed by atoms with E-state index in [1.54, 1.807) is 24.3 Å². The highest BCUT2D eigenvalue weighted by molar-refractivity contribution is 6.30. The highest BCUT2D eigenvalue weighted by Gasteiger charge is 2.63. The number of nitrogens with zero attached hydrogens (tertiary/aromatic N) is 1. The van der Waals surface area contributed by atoms with Crippen molar-refractivity contribution in [3.05, 3.63) is 88.4 Å². The minimum atomic E-state index is -0.680. The van der Waals surface area contributed by atoms with Crippen LogP contribution in [0.2, 0.25) is 5.02 Å². The molecule has 0 saturated heterocycles. The predicted octanol–water partition coefficient (Wildman–Crippen LogP) is 6.64. The summed E-state index contributed by atoms with van der Waals surface area (Å²) in [6.07, 6.45) is 5.05. The van der Waals surface area contributed by atoms with Crippen LogP contribution in [0.25, 0.3) is 11.1 Å². The van der Waals surface area contributed by atoms with Crippen LogP contribution >= 0.6 is 11.6 Å². The molecule has 0 spiro atoms. The number of aliphatic carboxylic acids is 1. The lowest BCUT2D eigenvalue weighted by atomic mass is 9.46. The second kappa shape index (κ2) is 8.68. The van der Waals surface area contributed by atoms with Crippen molar-refractivity contribution < 1.29 is 19.5 Å². The first kappa shape index (κ1) is 24.4. The lowest BCUT2D eigenvalue weighted by Crippen LogP contribution is -2.64. The third-order valence-corrected chi connectivity index (χ3v) is 9.80. The highest BCUT2D eigenvalue weighted by Crippen LogP contribution is 2.64. The zero-order valence-corrected chi connectivity index (χ0v) is 22.2. The molecule has 39 heavy (non-hydrogen) atoms. The lowest BCUT2D eigenvalue weighted by Gasteiger charge is -2.62. The SMILES string of the molecule is O=C(Nc1ccc(-c2ccc3c(c2)C(=O)N([C@@]24C[C@@H]5C[C@@H](C[C@@](C(=O)O)(C5)C2)C4)C3)cc1)c1ccc(Cl)cc1. The number of fused-ring (bicyclic) bond motifs is 1. The van der Waals surface area contributed by atoms with Crippen molar-refractivity contribution in [1.29, 1.82) is 0 Å². The van der Waals surface area contributed by atoms with Crippen molar-refractivity contribution in [2.24, 2.45) is 17.3 Å². The Morgan fingerprint density at radius 1 is 0.897 bits per heavy atom. The lowest BCUT2D eigenvalue weighted by molar-refractivity contribution is -0.175. The summed E-state index contributed by atoms with van der Waals surface area (Å²) in [6.45, 7) is 0.555. The third-order valence-electron chi connectivity index (χ3n) is 9.55. The molecule has 6 nitrogen and oxygen atoms in total. The van der Waals surface area contributed by atoms with Gasteiger partial charge < -0.3 is 15.3 Å². The molecule has 7 heteroatoms. The molecule has 0 aromatic heterocycles. The second-order valence-corrected chi connectivity index (χ2v) is 12.5. The number of anilines is 1. The van der Waals surface area contributed by atoms with Crippen LogP contribution in [0.5, 0.6) is 0 Å². The molecular weight excluding hydrogens is 512 g/mol. The van der Waals surface area contributed by atoms with Crippen molar-refractivity contribution in [3.63, 3.8) is 0 Å². The van der Waals surface area contributed by atoms with Crippen LogP contribution in [-0.2, 0) is 11.3 Å². The maximum absolute atomic E-state index is 13.8. The second-order valence-electron chi connectivity index (χ2n) is 12.1. The average Bonchev–Trinajstić information content (AvgIpc) is 3.25. The minimum absolute atomic E-state index is 0.0289. The number of carbonyl (C=O) groups excluding carboxylic acids is 2. The number of carboxylic acids is 1. The largest absolute Gasteiger partial charge is 0.481 e. The van der Waals surface area contributed by atoms with Gasteiger partial charge in [-0.1, -0.05) is 35.9 Å². The molecule has 4 saturated carbocycles. The van der Waals surface area contributed by atoms with E-state index in [1.807, 2.05) is 47.4 Å². The Kier molecular flexibility index (Phi) is 5.43. The maximum Gasteiger partial charge on any atom is 0.309 e. The van der Waals surface area contributed by atoms with E-state index in [1.165, 1.54) is 0 Å². The van der Waals surface area contributed by atoms with Gasteiger partial charge in [-0.25, -0.2) is 0 Å². The Balaban J connectivity index is 1.11. The Hall–Kier alpha value is -3.64. The van der Waals surface area contributed by atoms with E-state index in [4.69, 9.17) is 11.6 Å². The van der Waals surface area contributed by atoms with Crippen LogP contribution in [0, 0.1) is 17.3 Å². The van der Waals surface area contributed by atoms with Gasteiger partial charge in [0, 0.05) is 33.9 Å². The van der Waals surface area contributed by atoms with Crippen LogP contribution in [0.4, 0.5) is 5.69 Å². The summed E-state index contributed by atoms with van der Waals surface area (Å²) in [7, 11) is 0. The van der Waals surface area contributed by atoms with Gasteiger partial charge in [0.25, 0.3) is 11.8 Å². The number of halogens is 1. The smallest absolute Gasteiger partial charge is 0.309 e. The molecule has 4 aliphatic carbocycles. The normalized spacial score (nSPS) is 28.4. The summed E-state index contributed by atoms with van der Waals surface area (Å²) in [6, 6.07) is 20.3. The van der Waals surface area contributed by atoms with Crippen molar-refractivity contribution >= 4 is 35.1 Å². The Morgan fingerprint density at radius 2 is 1.56 bits per heavy atom. The topological polar surface area (TPSA) is 86.7 Å². The molecule has 3 aromatic rings. The fourth-order valence-corrected chi connectivity index (χ4v) is 8.32. The summed E-state index contributed by atoms with van der Waals surface area (Å²) in [4.78, 5) is 40.7. The quantitative estimate of drug-likeness (QED) is 0.380. The number of hydrogen-bond donors (Lipinski definition) is 2. The fourth-order valence-electron chi connectivity index (χ4n) is 8.19. The summed E-state index contributed by atoms with van der Waals surface area (Å²) >= 11 is 5.91. The van der Waals surface area contributed by atoms with Gasteiger partial charge in [-0.3, -0.25) is 14.4 Å². The van der Waals surface area contributed by atoms with Gasteiger partial charge in [0.2, 0.25) is 0 Å². The number of hydrogen-bond acceptors (Lipinski definition) is 3. The standard InChI is InChI=1S/C32H29ClN2O4/c33-25-7-3-22(4-8-25)28(36)34-26-9-5-21(6-10-26)23-1-2-24-17-35(29(37)27(24)12-23)32-15-19-11-20(16-32)14-31(13-19,18-32)30(38)39/h1-10,12,19-20H,11,13-18H2,(H,34,36)(H,38,39)/t19-,20+,31+,32-. The molecule has 4 fully saturated rings. The third kappa shape index (κ3) is 3.96. The zero-order chi connectivity index (χ0) is 26.9. The van der Waals surface area contributed by atoms with E-state index < -0.39 is 11.4 Å². The van der Waals surface area contributed by atoms with Crippen LogP contribution < -0.4 is 5.32 Å². The van der Waals surface area contributed by atoms with Crippen molar-refractivity contribution in [3.8, 4) is 11.1 Å². The monoisotopic (exact) mass is 540 g/mol. The van der Waals surface area contributed by atoms with Crippen LogP contribution in [-0.4, -0.2) is 33.3 Å². The van der Waals surface area contributed by atoms with Gasteiger partial charge in [-0.15, -0.1) is 0 Å². The fraction of sp³-hybridized carbons (Fsp3) is 0.344. The van der Waals surface area contributed by atoms with Crippen molar-refractivity contribution in [2.45, 2.75) is 50.6 Å². The molecule has 2 amide bonds. The molecule has 1 heterocycles. The molecule has 1 aliphatic heterocycles. The van der Waals surface area contributed by atoms with Crippen LogP contribution in [0.1, 0.15) is 64.8 Å². The molecule has 8 rings (SSSR count). The first-order valence-electron chi connectivity index (χ1n) is 13.6.